The van der Waals surface area contributed by atoms with E-state index in [-0.39, 0.29) is 11.1 Å². The van der Waals surface area contributed by atoms with E-state index in [2.05, 4.69) is 8.75 Å². The highest BCUT2D eigenvalue weighted by Crippen LogP contribution is 2.43. The Balaban J connectivity index is 1.41. The smallest absolute Gasteiger partial charge is 0.167 e. The highest BCUT2D eigenvalue weighted by Gasteiger charge is 2.19. The highest BCUT2D eigenvalue weighted by atomic mass is 32.1. The first-order valence-corrected chi connectivity index (χ1v) is 12.7. The van der Waals surface area contributed by atoms with Crippen molar-refractivity contribution in [2.75, 3.05) is 0 Å². The summed E-state index contributed by atoms with van der Waals surface area (Å²) in [5.41, 5.74) is 3.46. The highest BCUT2D eigenvalue weighted by molar-refractivity contribution is 7.19. The molecule has 0 radical (unpaired) electrons. The molecule has 0 saturated carbocycles. The molecule has 0 fully saturated rings. The summed E-state index contributed by atoms with van der Waals surface area (Å²) >= 11 is 3.76. The average molecular weight is 525 g/mol. The van der Waals surface area contributed by atoms with Crippen LogP contribution in [0.1, 0.15) is 0 Å². The number of benzene rings is 3. The average Bonchev–Trinajstić information content (AvgIpc) is 3.63. The van der Waals surface area contributed by atoms with Gasteiger partial charge in [0.15, 0.2) is 23.3 Å². The van der Waals surface area contributed by atoms with E-state index in [0.717, 1.165) is 44.7 Å². The maximum Gasteiger partial charge on any atom is 0.167 e. The Morgan fingerprint density at radius 2 is 0.857 bits per heavy atom. The van der Waals surface area contributed by atoms with E-state index < -0.39 is 23.3 Å². The fraction of sp³-hybridized carbons (Fsp3) is 0. The molecule has 3 heterocycles. The van der Waals surface area contributed by atoms with Gasteiger partial charge in [-0.15, -0.1) is 22.7 Å². The van der Waals surface area contributed by atoms with Gasteiger partial charge in [-0.25, -0.2) is 17.6 Å². The first-order valence-electron chi connectivity index (χ1n) is 10.4. The first-order chi connectivity index (χ1) is 17.0. The Bertz CT molecular complexity index is 1590. The summed E-state index contributed by atoms with van der Waals surface area (Å²) in [5, 5.41) is 0. The molecule has 0 amide bonds. The number of thiophene rings is 2. The summed E-state index contributed by atoms with van der Waals surface area (Å²) in [6, 6.07) is 19.3. The monoisotopic (exact) mass is 524 g/mol. The van der Waals surface area contributed by atoms with Crippen molar-refractivity contribution >= 4 is 45.4 Å². The van der Waals surface area contributed by atoms with E-state index in [0.29, 0.717) is 20.8 Å². The third kappa shape index (κ3) is 3.76. The minimum absolute atomic E-state index is 0.209. The molecule has 0 bridgehead atoms. The number of fused-ring (bicyclic) bond motifs is 1. The van der Waals surface area contributed by atoms with Crippen LogP contribution in [0.15, 0.2) is 72.8 Å². The van der Waals surface area contributed by atoms with Gasteiger partial charge in [0.25, 0.3) is 0 Å². The van der Waals surface area contributed by atoms with Crippen LogP contribution in [-0.2, 0) is 0 Å². The van der Waals surface area contributed by atoms with Crippen molar-refractivity contribution in [3.63, 3.8) is 0 Å². The molecule has 6 aromatic rings. The Kier molecular flexibility index (Phi) is 5.47. The summed E-state index contributed by atoms with van der Waals surface area (Å²) < 4.78 is 64.9. The van der Waals surface area contributed by atoms with Crippen molar-refractivity contribution in [2.24, 2.45) is 0 Å². The van der Waals surface area contributed by atoms with Gasteiger partial charge in [-0.3, -0.25) is 0 Å². The lowest BCUT2D eigenvalue weighted by Crippen LogP contribution is -1.86. The van der Waals surface area contributed by atoms with Crippen LogP contribution in [0.4, 0.5) is 17.6 Å². The number of nitrogens with zero attached hydrogens (tertiary/aromatic N) is 2. The van der Waals surface area contributed by atoms with Gasteiger partial charge in [-0.05, 0) is 36.4 Å². The quantitative estimate of drug-likeness (QED) is 0.215. The van der Waals surface area contributed by atoms with Crippen LogP contribution in [0, 0.1) is 23.3 Å². The molecule has 0 saturated heterocycles. The van der Waals surface area contributed by atoms with Crippen LogP contribution in [-0.4, -0.2) is 8.75 Å². The topological polar surface area (TPSA) is 25.8 Å². The Hall–Kier alpha value is -3.40. The molecule has 9 heteroatoms. The fourth-order valence-electron chi connectivity index (χ4n) is 3.91. The Morgan fingerprint density at radius 3 is 1.29 bits per heavy atom. The van der Waals surface area contributed by atoms with Crippen molar-refractivity contribution in [2.45, 2.75) is 0 Å². The number of aromatic nitrogens is 2. The maximum absolute atomic E-state index is 14.3. The zero-order valence-corrected chi connectivity index (χ0v) is 20.0. The summed E-state index contributed by atoms with van der Waals surface area (Å²) in [4.78, 5) is 2.91. The SMILES string of the molecule is Fc1cccc(-c2ccc(-c3ccc(-c4ccc(-c5cccc(F)c5F)s4)c4nsnc34)s2)c1F. The standard InChI is InChI=1S/C26H12F4N2S3/c27-17-5-1-3-13(23(17)29)19-9-11-21(33-19)15-7-8-16(26-25(15)31-35-32-26)22-12-10-20(34-22)14-4-2-6-18(28)24(14)30/h1-12H. The second-order valence-corrected chi connectivity index (χ2v) is 10.3. The van der Waals surface area contributed by atoms with Crippen LogP contribution in [0.5, 0.6) is 0 Å². The molecule has 2 nitrogen and oxygen atoms in total. The van der Waals surface area contributed by atoms with Gasteiger partial charge in [-0.1, -0.05) is 36.4 Å². The van der Waals surface area contributed by atoms with Crippen molar-refractivity contribution in [1.82, 2.24) is 8.75 Å². The molecule has 0 aliphatic carbocycles. The van der Waals surface area contributed by atoms with E-state index in [1.807, 2.05) is 24.3 Å². The molecule has 0 N–H and O–H groups in total. The molecule has 172 valence electrons. The van der Waals surface area contributed by atoms with E-state index >= 15 is 0 Å². The minimum atomic E-state index is -0.888. The molecule has 0 aliphatic rings. The van der Waals surface area contributed by atoms with Gasteiger partial charge in [0.1, 0.15) is 11.0 Å². The van der Waals surface area contributed by atoms with Crippen LogP contribution >= 0.6 is 34.4 Å². The van der Waals surface area contributed by atoms with Crippen molar-refractivity contribution < 1.29 is 17.6 Å². The van der Waals surface area contributed by atoms with Gasteiger partial charge < -0.3 is 0 Å². The normalized spacial score (nSPS) is 11.4. The second kappa shape index (κ2) is 8.67. The third-order valence-corrected chi connectivity index (χ3v) is 8.42. The lowest BCUT2D eigenvalue weighted by molar-refractivity contribution is 0.511. The lowest BCUT2D eigenvalue weighted by atomic mass is 10.1. The second-order valence-electron chi connectivity index (χ2n) is 7.65. The molecule has 35 heavy (non-hydrogen) atoms. The molecular formula is C26H12F4N2S3. The van der Waals surface area contributed by atoms with Gasteiger partial charge in [0, 0.05) is 41.8 Å². The van der Waals surface area contributed by atoms with Crippen LogP contribution in [0.25, 0.3) is 52.8 Å². The molecule has 0 spiro atoms. The van der Waals surface area contributed by atoms with E-state index in [4.69, 9.17) is 0 Å². The predicted molar refractivity (Wildman–Crippen MR) is 135 cm³/mol. The first kappa shape index (κ1) is 22.1. The largest absolute Gasteiger partial charge is 0.204 e. The lowest BCUT2D eigenvalue weighted by Gasteiger charge is -2.04. The van der Waals surface area contributed by atoms with Gasteiger partial charge >= 0.3 is 0 Å². The Morgan fingerprint density at radius 1 is 0.457 bits per heavy atom. The van der Waals surface area contributed by atoms with Crippen LogP contribution in [0.2, 0.25) is 0 Å². The van der Waals surface area contributed by atoms with Crippen molar-refractivity contribution in [3.05, 3.63) is 96.1 Å². The van der Waals surface area contributed by atoms with Gasteiger partial charge in [-0.2, -0.15) is 8.75 Å². The molecule has 6 rings (SSSR count). The van der Waals surface area contributed by atoms with Crippen molar-refractivity contribution in [3.8, 4) is 41.8 Å². The summed E-state index contributed by atoms with van der Waals surface area (Å²) in [6.45, 7) is 0. The molecule has 0 atom stereocenters. The number of halogens is 4. The number of hydrogen-bond donors (Lipinski definition) is 0. The van der Waals surface area contributed by atoms with Crippen molar-refractivity contribution in [1.29, 1.82) is 0 Å². The molecule has 0 unspecified atom stereocenters. The molecular weight excluding hydrogens is 512 g/mol. The van der Waals surface area contributed by atoms with Gasteiger partial charge in [0.05, 0.1) is 11.7 Å². The predicted octanol–water partition coefficient (Wildman–Crippen LogP) is 9.04. The zero-order chi connectivity index (χ0) is 24.1. The van der Waals surface area contributed by atoms with E-state index in [1.54, 1.807) is 24.3 Å². The minimum Gasteiger partial charge on any atom is -0.204 e. The zero-order valence-electron chi connectivity index (χ0n) is 17.6. The van der Waals surface area contributed by atoms with E-state index in [1.165, 1.54) is 34.8 Å². The molecule has 0 aliphatic heterocycles. The summed E-state index contributed by atoms with van der Waals surface area (Å²) in [5.74, 6) is -3.53. The molecule has 3 aromatic carbocycles. The summed E-state index contributed by atoms with van der Waals surface area (Å²) in [6.07, 6.45) is 0. The van der Waals surface area contributed by atoms with Gasteiger partial charge in [0.2, 0.25) is 0 Å². The fourth-order valence-corrected chi connectivity index (χ4v) is 6.58. The summed E-state index contributed by atoms with van der Waals surface area (Å²) in [7, 11) is 0. The van der Waals surface area contributed by atoms with Crippen LogP contribution in [0.3, 0.4) is 0 Å². The number of hydrogen-bond acceptors (Lipinski definition) is 5. The Labute approximate surface area is 209 Å². The van der Waals surface area contributed by atoms with E-state index in [9.17, 15) is 17.6 Å². The third-order valence-electron chi connectivity index (χ3n) is 5.59. The van der Waals surface area contributed by atoms with Crippen LogP contribution < -0.4 is 0 Å². The molecule has 3 aromatic heterocycles. The maximum atomic E-state index is 14.3. The number of rotatable bonds is 4.